The number of aromatic nitrogens is 3. The molecule has 1 unspecified atom stereocenters. The smallest absolute Gasteiger partial charge is 0.322 e. The molecule has 3 heterocycles. The number of rotatable bonds is 16. The zero-order valence-corrected chi connectivity index (χ0v) is 30.1. The molecule has 1 saturated heterocycles. The highest BCUT2D eigenvalue weighted by molar-refractivity contribution is 6.23. The van der Waals surface area contributed by atoms with Crippen molar-refractivity contribution < 1.29 is 38.7 Å². The van der Waals surface area contributed by atoms with Gasteiger partial charge in [-0.05, 0) is 85.8 Å². The highest BCUT2D eigenvalue weighted by atomic mass is 16.5. The summed E-state index contributed by atoms with van der Waals surface area (Å²) in [6.07, 6.45) is 5.01. The number of benzene rings is 3. The summed E-state index contributed by atoms with van der Waals surface area (Å²) in [5.74, 6) is -2.20. The Morgan fingerprint density at radius 3 is 2.44 bits per heavy atom. The van der Waals surface area contributed by atoms with Gasteiger partial charge in [-0.1, -0.05) is 30.7 Å². The Hall–Kier alpha value is -6.62. The Bertz CT molecular complexity index is 2070. The molecular formula is C38H41N9O8. The fourth-order valence-electron chi connectivity index (χ4n) is 6.22. The average molecular weight is 752 g/mol. The van der Waals surface area contributed by atoms with Crippen molar-refractivity contribution in [2.24, 2.45) is 0 Å². The SMILES string of the molecule is CCCCN(Cc1ccc(C(=O)NO)cc1)C(=O)Nc1ccc(OCn2cc(CCCNc3ccc4c(c3)C(=O)N(C3CCC(=O)NC3=O)C4=O)nn2)cc1. The Balaban J connectivity index is 0.933. The number of urea groups is 1. The van der Waals surface area contributed by atoms with Crippen LogP contribution in [0.15, 0.2) is 72.9 Å². The van der Waals surface area contributed by atoms with E-state index in [0.29, 0.717) is 55.2 Å². The maximum absolute atomic E-state index is 13.2. The molecule has 286 valence electrons. The molecule has 0 bridgehead atoms. The summed E-state index contributed by atoms with van der Waals surface area (Å²) in [4.78, 5) is 77.3. The van der Waals surface area contributed by atoms with Gasteiger partial charge in [-0.3, -0.25) is 39.4 Å². The van der Waals surface area contributed by atoms with Gasteiger partial charge in [0.2, 0.25) is 11.8 Å². The van der Waals surface area contributed by atoms with Crippen molar-refractivity contribution in [1.29, 1.82) is 0 Å². The summed E-state index contributed by atoms with van der Waals surface area (Å²) in [7, 11) is 0. The summed E-state index contributed by atoms with van der Waals surface area (Å²) < 4.78 is 7.44. The monoisotopic (exact) mass is 751 g/mol. The molecule has 3 aromatic carbocycles. The number of ether oxygens (including phenoxy) is 1. The van der Waals surface area contributed by atoms with Crippen molar-refractivity contribution in [2.45, 2.75) is 64.8 Å². The number of nitrogens with zero attached hydrogens (tertiary/aromatic N) is 5. The van der Waals surface area contributed by atoms with Crippen LogP contribution in [0.2, 0.25) is 0 Å². The molecule has 0 aliphatic carbocycles. The molecule has 2 aliphatic heterocycles. The van der Waals surface area contributed by atoms with Crippen molar-refractivity contribution in [1.82, 2.24) is 35.6 Å². The number of anilines is 2. The van der Waals surface area contributed by atoms with E-state index < -0.39 is 35.6 Å². The molecule has 17 nitrogen and oxygen atoms in total. The molecule has 0 radical (unpaired) electrons. The second-order valence-electron chi connectivity index (χ2n) is 13.1. The van der Waals surface area contributed by atoms with Gasteiger partial charge in [0.15, 0.2) is 6.73 Å². The van der Waals surface area contributed by atoms with Crippen LogP contribution in [0, 0.1) is 0 Å². The molecule has 4 aromatic rings. The van der Waals surface area contributed by atoms with E-state index in [2.05, 4.69) is 26.3 Å². The maximum atomic E-state index is 13.2. The zero-order chi connectivity index (χ0) is 38.9. The van der Waals surface area contributed by atoms with E-state index in [9.17, 15) is 28.8 Å². The second kappa shape index (κ2) is 17.5. The molecule has 1 atom stereocenters. The highest BCUT2D eigenvalue weighted by Gasteiger charge is 2.44. The molecule has 1 aromatic heterocycles. The summed E-state index contributed by atoms with van der Waals surface area (Å²) in [6.45, 7) is 3.62. The molecule has 17 heteroatoms. The lowest BCUT2D eigenvalue weighted by Gasteiger charge is -2.27. The third-order valence-corrected chi connectivity index (χ3v) is 9.19. The van der Waals surface area contributed by atoms with E-state index in [1.807, 2.05) is 6.92 Å². The number of hydrogen-bond donors (Lipinski definition) is 5. The molecule has 5 N–H and O–H groups in total. The van der Waals surface area contributed by atoms with Crippen LogP contribution in [0.25, 0.3) is 0 Å². The van der Waals surface area contributed by atoms with Crippen LogP contribution in [0.3, 0.4) is 0 Å². The lowest BCUT2D eigenvalue weighted by atomic mass is 10.0. The quantitative estimate of drug-likeness (QED) is 0.0481. The molecule has 0 saturated carbocycles. The van der Waals surface area contributed by atoms with Crippen molar-refractivity contribution >= 4 is 46.9 Å². The van der Waals surface area contributed by atoms with Crippen molar-refractivity contribution in [3.8, 4) is 5.75 Å². The first-order valence-corrected chi connectivity index (χ1v) is 17.9. The molecule has 55 heavy (non-hydrogen) atoms. The van der Waals surface area contributed by atoms with Gasteiger partial charge in [-0.25, -0.2) is 15.0 Å². The largest absolute Gasteiger partial charge is 0.471 e. The van der Waals surface area contributed by atoms with Crippen LogP contribution in [0.5, 0.6) is 5.75 Å². The van der Waals surface area contributed by atoms with E-state index in [1.54, 1.807) is 88.0 Å². The first-order valence-electron chi connectivity index (χ1n) is 17.9. The first-order chi connectivity index (χ1) is 26.6. The lowest BCUT2D eigenvalue weighted by molar-refractivity contribution is -0.136. The number of hydroxylamine groups is 1. The Labute approximate surface area is 316 Å². The number of fused-ring (bicyclic) bond motifs is 1. The van der Waals surface area contributed by atoms with Crippen LogP contribution in [0.4, 0.5) is 16.2 Å². The van der Waals surface area contributed by atoms with Gasteiger partial charge in [0.25, 0.3) is 17.7 Å². The van der Waals surface area contributed by atoms with Gasteiger partial charge in [-0.2, -0.15) is 0 Å². The Morgan fingerprint density at radius 1 is 0.964 bits per heavy atom. The molecule has 1 fully saturated rings. The predicted molar refractivity (Wildman–Crippen MR) is 197 cm³/mol. The van der Waals surface area contributed by atoms with E-state index >= 15 is 0 Å². The fourth-order valence-corrected chi connectivity index (χ4v) is 6.22. The minimum absolute atomic E-state index is 0.0606. The zero-order valence-electron chi connectivity index (χ0n) is 30.1. The van der Waals surface area contributed by atoms with Crippen molar-refractivity contribution in [3.05, 3.63) is 101 Å². The van der Waals surface area contributed by atoms with E-state index in [0.717, 1.165) is 29.0 Å². The lowest BCUT2D eigenvalue weighted by Crippen LogP contribution is -2.54. The predicted octanol–water partition coefficient (Wildman–Crippen LogP) is 3.71. The molecule has 0 spiro atoms. The number of piperidine rings is 1. The minimum atomic E-state index is -1.01. The summed E-state index contributed by atoms with van der Waals surface area (Å²) >= 11 is 0. The molecule has 7 amide bonds. The number of carbonyl (C=O) groups excluding carboxylic acids is 6. The third kappa shape index (κ3) is 9.31. The first kappa shape index (κ1) is 38.1. The number of hydrogen-bond acceptors (Lipinski definition) is 11. The van der Waals surface area contributed by atoms with Crippen molar-refractivity contribution in [3.63, 3.8) is 0 Å². The molecular weight excluding hydrogens is 710 g/mol. The number of carbonyl (C=O) groups is 6. The van der Waals surface area contributed by atoms with E-state index in [4.69, 9.17) is 9.94 Å². The van der Waals surface area contributed by atoms with Gasteiger partial charge in [0.1, 0.15) is 11.8 Å². The van der Waals surface area contributed by atoms with Crippen LogP contribution < -0.4 is 26.2 Å². The number of imide groups is 2. The fraction of sp³-hybridized carbons (Fsp3) is 0.316. The maximum Gasteiger partial charge on any atom is 0.322 e. The molecule has 6 rings (SSSR count). The minimum Gasteiger partial charge on any atom is -0.471 e. The highest BCUT2D eigenvalue weighted by Crippen LogP contribution is 2.29. The van der Waals surface area contributed by atoms with Gasteiger partial charge in [0.05, 0.1) is 23.0 Å². The second-order valence-corrected chi connectivity index (χ2v) is 13.1. The normalized spacial score (nSPS) is 15.0. The van der Waals surface area contributed by atoms with Crippen LogP contribution in [-0.4, -0.2) is 84.7 Å². The summed E-state index contributed by atoms with van der Waals surface area (Å²) in [5, 5.41) is 25.6. The average Bonchev–Trinajstić information content (AvgIpc) is 3.75. The van der Waals surface area contributed by atoms with Gasteiger partial charge < -0.3 is 20.3 Å². The summed E-state index contributed by atoms with van der Waals surface area (Å²) in [6, 6.07) is 17.3. The van der Waals surface area contributed by atoms with E-state index in [-0.39, 0.29) is 36.7 Å². The summed E-state index contributed by atoms with van der Waals surface area (Å²) in [5.41, 5.74) is 5.21. The number of aryl methyl sites for hydroxylation is 1. The van der Waals surface area contributed by atoms with Crippen LogP contribution in [0.1, 0.15) is 81.4 Å². The van der Waals surface area contributed by atoms with Gasteiger partial charge in [-0.15, -0.1) is 5.10 Å². The van der Waals surface area contributed by atoms with E-state index in [1.165, 1.54) is 0 Å². The standard InChI is InChI=1S/C38H41N9O8/c1-2-3-19-45(21-24-6-8-25(9-7-24)34(49)43-54)38(53)40-26-10-13-29(14-11-26)55-23-46-22-28(42-44-46)5-4-18-39-27-12-15-30-31(20-27)37(52)47(36(30)51)32-16-17-33(48)41-35(32)50/h6-15,20,22,32,39,54H,2-5,16-19,21,23H2,1H3,(H,40,53)(H,43,49)(H,41,48,50). The molecule has 2 aliphatic rings. The Morgan fingerprint density at radius 2 is 1.71 bits per heavy atom. The topological polar surface area (TPSA) is 217 Å². The van der Waals surface area contributed by atoms with Crippen molar-refractivity contribution in [2.75, 3.05) is 23.7 Å². The van der Waals surface area contributed by atoms with Gasteiger partial charge in [0, 0.05) is 43.0 Å². The number of unbranched alkanes of at least 4 members (excludes halogenated alkanes) is 1. The van der Waals surface area contributed by atoms with Crippen LogP contribution >= 0.6 is 0 Å². The Kier molecular flexibility index (Phi) is 12.1. The van der Waals surface area contributed by atoms with Gasteiger partial charge >= 0.3 is 6.03 Å². The number of amides is 7. The van der Waals surface area contributed by atoms with Crippen LogP contribution in [-0.2, 0) is 29.3 Å². The number of nitrogens with one attached hydrogen (secondary N) is 4. The third-order valence-electron chi connectivity index (χ3n) is 9.19.